The number of nitrogens with zero attached hydrogens (tertiary/aromatic N) is 5. The molecule has 0 atom stereocenters. The molecule has 2 aromatic heterocycles. The van der Waals surface area contributed by atoms with Gasteiger partial charge in [0.1, 0.15) is 12.4 Å². The van der Waals surface area contributed by atoms with Gasteiger partial charge in [-0.05, 0) is 37.6 Å². The van der Waals surface area contributed by atoms with Crippen molar-refractivity contribution in [3.63, 3.8) is 0 Å². The monoisotopic (exact) mass is 400 g/mol. The van der Waals surface area contributed by atoms with Crippen molar-refractivity contribution in [2.45, 2.75) is 20.5 Å². The summed E-state index contributed by atoms with van der Waals surface area (Å²) in [6, 6.07) is 19.2. The third-order valence-corrected chi connectivity index (χ3v) is 4.35. The summed E-state index contributed by atoms with van der Waals surface area (Å²) in [4.78, 5) is 20.8. The molecule has 0 spiro atoms. The zero-order valence-electron chi connectivity index (χ0n) is 16.6. The van der Waals surface area contributed by atoms with Gasteiger partial charge < -0.3 is 4.74 Å². The lowest BCUT2D eigenvalue weighted by molar-refractivity contribution is 0.0945. The maximum Gasteiger partial charge on any atom is 0.311 e. The molecule has 4 aromatic rings. The Balaban J connectivity index is 1.44. The van der Waals surface area contributed by atoms with Gasteiger partial charge in [-0.1, -0.05) is 42.5 Å². The van der Waals surface area contributed by atoms with Crippen LogP contribution in [0.5, 0.6) is 5.75 Å². The third-order valence-electron chi connectivity index (χ3n) is 4.35. The summed E-state index contributed by atoms with van der Waals surface area (Å²) in [6.45, 7) is 4.18. The second kappa shape index (κ2) is 8.52. The lowest BCUT2D eigenvalue weighted by Crippen LogP contribution is -2.19. The number of fused-ring (bicyclic) bond motifs is 1. The summed E-state index contributed by atoms with van der Waals surface area (Å²) in [5.41, 5.74) is 5.91. The second-order valence-corrected chi connectivity index (χ2v) is 6.70. The largest absolute Gasteiger partial charge is 0.488 e. The number of aryl methyl sites for hydroxylation is 2. The molecule has 2 aromatic carbocycles. The van der Waals surface area contributed by atoms with Gasteiger partial charge in [0.2, 0.25) is 5.82 Å². The Hall–Kier alpha value is -4.07. The van der Waals surface area contributed by atoms with Crippen molar-refractivity contribution in [2.24, 2.45) is 5.10 Å². The number of nitrogens with one attached hydrogen (secondary N) is 1. The van der Waals surface area contributed by atoms with Crippen molar-refractivity contribution in [1.82, 2.24) is 25.0 Å². The van der Waals surface area contributed by atoms with Crippen LogP contribution in [0.4, 0.5) is 0 Å². The molecular formula is C22H20N6O2. The number of hydrogen-bond acceptors (Lipinski definition) is 6. The van der Waals surface area contributed by atoms with Gasteiger partial charge in [-0.3, -0.25) is 4.79 Å². The zero-order chi connectivity index (χ0) is 20.9. The van der Waals surface area contributed by atoms with Crippen LogP contribution in [0.1, 0.15) is 33.1 Å². The van der Waals surface area contributed by atoms with E-state index in [0.717, 1.165) is 22.5 Å². The summed E-state index contributed by atoms with van der Waals surface area (Å²) in [5.74, 6) is 0.528. The van der Waals surface area contributed by atoms with Gasteiger partial charge in [0.05, 0.1) is 6.21 Å². The Morgan fingerprint density at radius 1 is 1.10 bits per heavy atom. The highest BCUT2D eigenvalue weighted by atomic mass is 16.5. The molecule has 0 aliphatic rings. The van der Waals surface area contributed by atoms with Crippen LogP contribution in [0.3, 0.4) is 0 Å². The molecule has 4 rings (SSSR count). The molecule has 2 heterocycles. The quantitative estimate of drug-likeness (QED) is 0.397. The van der Waals surface area contributed by atoms with Crippen LogP contribution in [0.2, 0.25) is 0 Å². The van der Waals surface area contributed by atoms with E-state index < -0.39 is 5.91 Å². The minimum absolute atomic E-state index is 0.00182. The van der Waals surface area contributed by atoms with Crippen molar-refractivity contribution in [3.8, 4) is 5.75 Å². The first kappa shape index (κ1) is 19.3. The number of para-hydroxylation sites is 1. The van der Waals surface area contributed by atoms with E-state index >= 15 is 0 Å². The predicted molar refractivity (Wildman–Crippen MR) is 113 cm³/mol. The molecule has 8 heteroatoms. The number of ether oxygens (including phenoxy) is 1. The highest BCUT2D eigenvalue weighted by molar-refractivity contribution is 5.92. The van der Waals surface area contributed by atoms with E-state index in [0.29, 0.717) is 18.1 Å². The van der Waals surface area contributed by atoms with Gasteiger partial charge in [-0.25, -0.2) is 14.9 Å². The van der Waals surface area contributed by atoms with E-state index in [4.69, 9.17) is 4.74 Å². The number of carbonyl (C=O) groups is 1. The number of amides is 1. The average molecular weight is 400 g/mol. The predicted octanol–water partition coefficient (Wildman–Crippen LogP) is 3.08. The second-order valence-electron chi connectivity index (χ2n) is 6.70. The maximum atomic E-state index is 12.4. The fourth-order valence-corrected chi connectivity index (χ4v) is 2.93. The molecule has 0 unspecified atom stereocenters. The van der Waals surface area contributed by atoms with Crippen LogP contribution in [-0.4, -0.2) is 31.7 Å². The summed E-state index contributed by atoms with van der Waals surface area (Å²) < 4.78 is 7.42. The summed E-state index contributed by atoms with van der Waals surface area (Å²) in [5, 5.41) is 8.22. The smallest absolute Gasteiger partial charge is 0.311 e. The number of hydrogen-bond donors (Lipinski definition) is 1. The minimum Gasteiger partial charge on any atom is -0.488 e. The Morgan fingerprint density at radius 2 is 1.87 bits per heavy atom. The van der Waals surface area contributed by atoms with Gasteiger partial charge in [0.25, 0.3) is 5.78 Å². The van der Waals surface area contributed by atoms with Crippen LogP contribution in [0.25, 0.3) is 5.78 Å². The molecule has 30 heavy (non-hydrogen) atoms. The topological polar surface area (TPSA) is 93.8 Å². The fraction of sp³-hybridized carbons (Fsp3) is 0.136. The molecule has 0 fully saturated rings. The van der Waals surface area contributed by atoms with Crippen LogP contribution in [0.15, 0.2) is 65.8 Å². The van der Waals surface area contributed by atoms with Gasteiger partial charge in [0.15, 0.2) is 0 Å². The van der Waals surface area contributed by atoms with Crippen LogP contribution in [-0.2, 0) is 6.61 Å². The van der Waals surface area contributed by atoms with Crippen molar-refractivity contribution in [2.75, 3.05) is 0 Å². The standard InChI is InChI=1S/C22H20N6O2/c1-15-12-16(2)28-22(24-15)25-20(27-28)21(29)26-23-13-18-10-6-7-11-19(18)30-14-17-8-4-3-5-9-17/h3-13H,14H2,1-2H3,(H,26,29). The third kappa shape index (κ3) is 4.33. The minimum atomic E-state index is -0.517. The van der Waals surface area contributed by atoms with Crippen LogP contribution < -0.4 is 10.2 Å². The maximum absolute atomic E-state index is 12.4. The number of rotatable bonds is 6. The molecule has 8 nitrogen and oxygen atoms in total. The summed E-state index contributed by atoms with van der Waals surface area (Å²) >= 11 is 0. The van der Waals surface area contributed by atoms with Gasteiger partial charge in [0, 0.05) is 17.0 Å². The van der Waals surface area contributed by atoms with Crippen LogP contribution >= 0.6 is 0 Å². The molecule has 0 aliphatic heterocycles. The van der Waals surface area contributed by atoms with Crippen molar-refractivity contribution in [3.05, 3.63) is 89.0 Å². The average Bonchev–Trinajstić information content (AvgIpc) is 3.18. The first-order valence-corrected chi connectivity index (χ1v) is 9.40. The normalized spacial score (nSPS) is 11.1. The molecule has 0 saturated carbocycles. The van der Waals surface area contributed by atoms with E-state index in [2.05, 4.69) is 25.6 Å². The Morgan fingerprint density at radius 3 is 2.70 bits per heavy atom. The molecule has 1 N–H and O–H groups in total. The summed E-state index contributed by atoms with van der Waals surface area (Å²) in [6.07, 6.45) is 1.53. The van der Waals surface area contributed by atoms with Gasteiger partial charge >= 0.3 is 5.91 Å². The highest BCUT2D eigenvalue weighted by Gasteiger charge is 2.14. The molecule has 0 radical (unpaired) electrons. The Labute approximate surface area is 173 Å². The first-order valence-electron chi connectivity index (χ1n) is 9.40. The molecule has 0 saturated heterocycles. The summed E-state index contributed by atoms with van der Waals surface area (Å²) in [7, 11) is 0. The lowest BCUT2D eigenvalue weighted by atomic mass is 10.2. The Bertz CT molecular complexity index is 1220. The highest BCUT2D eigenvalue weighted by Crippen LogP contribution is 2.17. The molecule has 0 bridgehead atoms. The van der Waals surface area contributed by atoms with E-state index in [1.807, 2.05) is 74.5 Å². The number of carbonyl (C=O) groups excluding carboxylic acids is 1. The van der Waals surface area contributed by atoms with Crippen molar-refractivity contribution in [1.29, 1.82) is 0 Å². The van der Waals surface area contributed by atoms with Gasteiger partial charge in [-0.15, -0.1) is 5.10 Å². The zero-order valence-corrected chi connectivity index (χ0v) is 16.6. The van der Waals surface area contributed by atoms with E-state index in [1.54, 1.807) is 0 Å². The van der Waals surface area contributed by atoms with Gasteiger partial charge in [-0.2, -0.15) is 10.1 Å². The lowest BCUT2D eigenvalue weighted by Gasteiger charge is -2.08. The molecular weight excluding hydrogens is 380 g/mol. The molecule has 150 valence electrons. The fourth-order valence-electron chi connectivity index (χ4n) is 2.93. The SMILES string of the molecule is Cc1cc(C)n2nc(C(=O)NN=Cc3ccccc3OCc3ccccc3)nc2n1. The van der Waals surface area contributed by atoms with E-state index in [9.17, 15) is 4.79 Å². The van der Waals surface area contributed by atoms with E-state index in [1.165, 1.54) is 10.7 Å². The molecule has 0 aliphatic carbocycles. The van der Waals surface area contributed by atoms with Crippen molar-refractivity contribution < 1.29 is 9.53 Å². The Kier molecular flexibility index (Phi) is 5.47. The molecule has 1 amide bonds. The van der Waals surface area contributed by atoms with Crippen molar-refractivity contribution >= 4 is 17.9 Å². The first-order chi connectivity index (χ1) is 14.6. The number of aromatic nitrogens is 4. The number of benzene rings is 2. The van der Waals surface area contributed by atoms with E-state index in [-0.39, 0.29) is 5.82 Å². The number of hydrazone groups is 1. The van der Waals surface area contributed by atoms with Crippen LogP contribution in [0, 0.1) is 13.8 Å².